The molecule has 0 unspecified atom stereocenters. The number of carbonyl (C=O) groups excluding carboxylic acids is 1. The molecule has 1 fully saturated rings. The molecular weight excluding hydrogens is 429 g/mol. The van der Waals surface area contributed by atoms with Gasteiger partial charge in [-0.15, -0.1) is 30.6 Å². The molecule has 0 aromatic rings. The van der Waals surface area contributed by atoms with E-state index in [2.05, 4.69) is 33.7 Å². The van der Waals surface area contributed by atoms with Gasteiger partial charge in [0.2, 0.25) is 5.91 Å². The average molecular weight is 465 g/mol. The van der Waals surface area contributed by atoms with Crippen molar-refractivity contribution in [2.24, 2.45) is 4.99 Å². The Balaban J connectivity index is 0.00000576. The lowest BCUT2D eigenvalue weighted by atomic mass is 10.2. The van der Waals surface area contributed by atoms with Crippen LogP contribution in [-0.4, -0.2) is 86.5 Å². The van der Waals surface area contributed by atoms with Crippen molar-refractivity contribution in [3.8, 4) is 0 Å². The summed E-state index contributed by atoms with van der Waals surface area (Å²) in [7, 11) is 3.93. The molecule has 0 atom stereocenters. The highest BCUT2D eigenvalue weighted by Crippen LogP contribution is 2.02. The third kappa shape index (κ3) is 10.0. The molecule has 1 N–H and O–H groups in total. The molecule has 1 aliphatic rings. The summed E-state index contributed by atoms with van der Waals surface area (Å²) in [6.07, 6.45) is 6.72. The average Bonchev–Trinajstić information content (AvgIpc) is 2.58. The number of carbonyl (C=O) groups is 1. The molecular formula is C18H36IN5O. The van der Waals surface area contributed by atoms with Crippen LogP contribution in [0.2, 0.25) is 0 Å². The number of rotatable bonds is 9. The molecule has 1 aliphatic heterocycles. The van der Waals surface area contributed by atoms with Crippen LogP contribution in [0.15, 0.2) is 17.6 Å². The van der Waals surface area contributed by atoms with Crippen molar-refractivity contribution in [1.82, 2.24) is 20.0 Å². The Bertz CT molecular complexity index is 408. The Morgan fingerprint density at radius 1 is 1.24 bits per heavy atom. The normalized spacial score (nSPS) is 15.5. The van der Waals surface area contributed by atoms with Crippen LogP contribution in [0.25, 0.3) is 0 Å². The summed E-state index contributed by atoms with van der Waals surface area (Å²) in [6.45, 7) is 11.9. The Hall–Kier alpha value is -0.830. The van der Waals surface area contributed by atoms with Crippen molar-refractivity contribution < 1.29 is 4.79 Å². The van der Waals surface area contributed by atoms with E-state index in [1.807, 2.05) is 18.0 Å². The van der Waals surface area contributed by atoms with Crippen LogP contribution in [0.5, 0.6) is 0 Å². The number of nitrogens with one attached hydrogen (secondary N) is 1. The molecule has 1 amide bonds. The summed E-state index contributed by atoms with van der Waals surface area (Å²) in [5, 5.41) is 3.44. The number of nitrogens with zero attached hydrogens (tertiary/aromatic N) is 4. The van der Waals surface area contributed by atoms with Gasteiger partial charge in [-0.25, -0.2) is 0 Å². The van der Waals surface area contributed by atoms with Crippen LogP contribution in [0, 0.1) is 0 Å². The highest BCUT2D eigenvalue weighted by molar-refractivity contribution is 14.0. The third-order valence-electron chi connectivity index (χ3n) is 4.50. The number of guanidine groups is 1. The van der Waals surface area contributed by atoms with Gasteiger partial charge in [-0.05, 0) is 19.3 Å². The van der Waals surface area contributed by atoms with E-state index in [1.54, 1.807) is 6.92 Å². The van der Waals surface area contributed by atoms with Crippen molar-refractivity contribution in [2.75, 3.05) is 59.9 Å². The van der Waals surface area contributed by atoms with E-state index in [4.69, 9.17) is 0 Å². The van der Waals surface area contributed by atoms with E-state index in [0.29, 0.717) is 0 Å². The summed E-state index contributed by atoms with van der Waals surface area (Å²) in [6, 6.07) is 0. The van der Waals surface area contributed by atoms with Crippen molar-refractivity contribution in [2.45, 2.75) is 32.6 Å². The lowest BCUT2D eigenvalue weighted by molar-refractivity contribution is -0.130. The predicted molar refractivity (Wildman–Crippen MR) is 117 cm³/mol. The van der Waals surface area contributed by atoms with Gasteiger partial charge in [0.25, 0.3) is 0 Å². The predicted octanol–water partition coefficient (Wildman–Crippen LogP) is 2.02. The van der Waals surface area contributed by atoms with Crippen LogP contribution in [-0.2, 0) is 4.79 Å². The molecule has 0 spiro atoms. The monoisotopic (exact) mass is 465 g/mol. The van der Waals surface area contributed by atoms with Gasteiger partial charge in [-0.3, -0.25) is 14.7 Å². The number of hydrogen-bond acceptors (Lipinski definition) is 3. The maximum absolute atomic E-state index is 11.3. The molecule has 146 valence electrons. The first-order valence-corrected chi connectivity index (χ1v) is 9.09. The van der Waals surface area contributed by atoms with Crippen LogP contribution < -0.4 is 5.32 Å². The molecule has 0 aromatic carbocycles. The van der Waals surface area contributed by atoms with Gasteiger partial charge in [0, 0.05) is 66.8 Å². The highest BCUT2D eigenvalue weighted by atomic mass is 127. The van der Waals surface area contributed by atoms with Crippen LogP contribution in [0.4, 0.5) is 0 Å². The highest BCUT2D eigenvalue weighted by Gasteiger charge is 2.18. The Labute approximate surface area is 170 Å². The van der Waals surface area contributed by atoms with Crippen LogP contribution >= 0.6 is 24.0 Å². The molecule has 6 nitrogen and oxygen atoms in total. The third-order valence-corrected chi connectivity index (χ3v) is 4.50. The van der Waals surface area contributed by atoms with E-state index >= 15 is 0 Å². The number of halogens is 1. The van der Waals surface area contributed by atoms with Gasteiger partial charge >= 0.3 is 0 Å². The molecule has 7 heteroatoms. The van der Waals surface area contributed by atoms with Crippen molar-refractivity contribution in [1.29, 1.82) is 0 Å². The molecule has 0 aromatic heterocycles. The van der Waals surface area contributed by atoms with E-state index in [-0.39, 0.29) is 29.9 Å². The Kier molecular flexibility index (Phi) is 13.9. The molecule has 0 saturated carbocycles. The smallest absolute Gasteiger partial charge is 0.219 e. The summed E-state index contributed by atoms with van der Waals surface area (Å²) in [4.78, 5) is 22.2. The zero-order valence-corrected chi connectivity index (χ0v) is 18.5. The standard InChI is InChI=1S/C18H35N5O.HI/c1-5-6-7-8-9-11-21(4)18(19-3)20-10-12-22-13-15-23(16-14-22)17(2)24;/h5H,1,6-16H2,2-4H3,(H,19,20);1H. The lowest BCUT2D eigenvalue weighted by Crippen LogP contribution is -2.50. The molecule has 1 saturated heterocycles. The first-order valence-electron chi connectivity index (χ1n) is 9.09. The molecule has 0 radical (unpaired) electrons. The molecule has 25 heavy (non-hydrogen) atoms. The Morgan fingerprint density at radius 3 is 2.48 bits per heavy atom. The first-order chi connectivity index (χ1) is 11.6. The number of unbranched alkanes of at least 4 members (excludes halogenated alkanes) is 3. The van der Waals surface area contributed by atoms with Crippen LogP contribution in [0.1, 0.15) is 32.6 Å². The largest absolute Gasteiger partial charge is 0.355 e. The zero-order valence-electron chi connectivity index (χ0n) is 16.2. The summed E-state index contributed by atoms with van der Waals surface area (Å²) in [5.41, 5.74) is 0. The SMILES string of the molecule is C=CCCCCCN(C)C(=NC)NCCN1CCN(C(C)=O)CC1.I. The van der Waals surface area contributed by atoms with Gasteiger partial charge in [-0.1, -0.05) is 12.5 Å². The molecule has 1 heterocycles. The fraction of sp³-hybridized carbons (Fsp3) is 0.778. The van der Waals surface area contributed by atoms with Crippen molar-refractivity contribution in [3.63, 3.8) is 0 Å². The number of aliphatic imine (C=N–C) groups is 1. The fourth-order valence-electron chi connectivity index (χ4n) is 2.92. The second-order valence-electron chi connectivity index (χ2n) is 6.38. The van der Waals surface area contributed by atoms with E-state index in [9.17, 15) is 4.79 Å². The quantitative estimate of drug-likeness (QED) is 0.186. The first kappa shape index (κ1) is 24.2. The van der Waals surface area contributed by atoms with E-state index in [1.165, 1.54) is 19.3 Å². The molecule has 0 bridgehead atoms. The van der Waals surface area contributed by atoms with E-state index < -0.39 is 0 Å². The van der Waals surface area contributed by atoms with E-state index in [0.717, 1.165) is 58.2 Å². The fourth-order valence-corrected chi connectivity index (χ4v) is 2.92. The number of hydrogen-bond donors (Lipinski definition) is 1. The minimum absolute atomic E-state index is 0. The topological polar surface area (TPSA) is 51.2 Å². The molecule has 1 rings (SSSR count). The van der Waals surface area contributed by atoms with Crippen molar-refractivity contribution >= 4 is 35.8 Å². The second kappa shape index (κ2) is 14.4. The summed E-state index contributed by atoms with van der Waals surface area (Å²) in [5.74, 6) is 1.14. The van der Waals surface area contributed by atoms with Gasteiger partial charge in [-0.2, -0.15) is 0 Å². The van der Waals surface area contributed by atoms with Gasteiger partial charge in [0.05, 0.1) is 0 Å². The minimum Gasteiger partial charge on any atom is -0.355 e. The Morgan fingerprint density at radius 2 is 1.92 bits per heavy atom. The zero-order chi connectivity index (χ0) is 17.8. The van der Waals surface area contributed by atoms with Crippen molar-refractivity contribution in [3.05, 3.63) is 12.7 Å². The van der Waals surface area contributed by atoms with Gasteiger partial charge in [0.1, 0.15) is 0 Å². The lowest BCUT2D eigenvalue weighted by Gasteiger charge is -2.34. The molecule has 0 aliphatic carbocycles. The van der Waals surface area contributed by atoms with Crippen LogP contribution in [0.3, 0.4) is 0 Å². The summed E-state index contributed by atoms with van der Waals surface area (Å²) < 4.78 is 0. The maximum Gasteiger partial charge on any atom is 0.219 e. The van der Waals surface area contributed by atoms with Gasteiger partial charge < -0.3 is 15.1 Å². The minimum atomic E-state index is 0. The number of amides is 1. The van der Waals surface area contributed by atoms with Gasteiger partial charge in [0.15, 0.2) is 5.96 Å². The number of piperazine rings is 1. The summed E-state index contributed by atoms with van der Waals surface area (Å²) >= 11 is 0. The second-order valence-corrected chi connectivity index (χ2v) is 6.38. The number of allylic oxidation sites excluding steroid dienone is 1. The maximum atomic E-state index is 11.3.